The standard InChI is InChI=1S/C10H15BBrN2O.C9H13BrN2.ClH/c1-4-14(15-11-3)7-9-5-13-6-10(12)8(9)2;1-3-11-4-8-5-12-6-9(10)7(8)2;/h5-6H,4,7H2,1-3H3;5-6,11H,3-4H2,1-2H3;1H. The van der Waals surface area contributed by atoms with Crippen LogP contribution in [0.25, 0.3) is 0 Å². The fraction of sp³-hybridized carbons (Fsp3) is 0.474. The first kappa shape index (κ1) is 27.5. The first-order valence-corrected chi connectivity index (χ1v) is 10.6. The zero-order valence-electron chi connectivity index (χ0n) is 17.1. The van der Waals surface area contributed by atoms with Crippen LogP contribution in [0.4, 0.5) is 0 Å². The summed E-state index contributed by atoms with van der Waals surface area (Å²) in [7, 11) is 1.68. The molecule has 0 atom stereocenters. The van der Waals surface area contributed by atoms with E-state index in [1.165, 1.54) is 22.3 Å². The Hall–Kier alpha value is -0.505. The van der Waals surface area contributed by atoms with Gasteiger partial charge in [-0.15, -0.1) is 12.4 Å². The van der Waals surface area contributed by atoms with Gasteiger partial charge in [-0.2, -0.15) is 0 Å². The topological polar surface area (TPSA) is 50.3 Å². The van der Waals surface area contributed by atoms with E-state index < -0.39 is 0 Å². The number of pyridine rings is 2. The van der Waals surface area contributed by atoms with Crippen molar-refractivity contribution in [3.63, 3.8) is 0 Å². The molecule has 5 nitrogen and oxygen atoms in total. The molecule has 2 aromatic heterocycles. The van der Waals surface area contributed by atoms with Crippen molar-refractivity contribution in [3.8, 4) is 0 Å². The van der Waals surface area contributed by atoms with E-state index in [4.69, 9.17) is 4.76 Å². The molecule has 0 spiro atoms. The van der Waals surface area contributed by atoms with Gasteiger partial charge >= 0.3 is 7.48 Å². The number of hydrogen-bond donors (Lipinski definition) is 1. The molecule has 2 heterocycles. The SMILES string of the molecule is CCNCc1cncc(Br)c1C.C[B]ON(CC)Cc1cncc(Br)c1C.Cl. The van der Waals surface area contributed by atoms with Crippen LogP contribution in [-0.2, 0) is 17.8 Å². The lowest BCUT2D eigenvalue weighted by molar-refractivity contribution is -0.0601. The quantitative estimate of drug-likeness (QED) is 0.370. The predicted octanol–water partition coefficient (Wildman–Crippen LogP) is 5.26. The van der Waals surface area contributed by atoms with E-state index in [9.17, 15) is 0 Å². The van der Waals surface area contributed by atoms with Crippen molar-refractivity contribution in [3.05, 3.63) is 56.0 Å². The van der Waals surface area contributed by atoms with Gasteiger partial charge in [0.1, 0.15) is 0 Å². The molecule has 2 rings (SSSR count). The molecule has 1 N–H and O–H groups in total. The molecule has 155 valence electrons. The maximum Gasteiger partial charge on any atom is 0.321 e. The Labute approximate surface area is 193 Å². The summed E-state index contributed by atoms with van der Waals surface area (Å²) in [4.78, 5) is 8.26. The summed E-state index contributed by atoms with van der Waals surface area (Å²) in [6.07, 6.45) is 7.41. The first-order valence-electron chi connectivity index (χ1n) is 9.02. The van der Waals surface area contributed by atoms with Crippen LogP contribution in [0.5, 0.6) is 0 Å². The second-order valence-corrected chi connectivity index (χ2v) is 7.60. The van der Waals surface area contributed by atoms with E-state index in [1.54, 1.807) is 7.48 Å². The van der Waals surface area contributed by atoms with Gasteiger partial charge in [-0.25, -0.2) is 5.06 Å². The average molecular weight is 536 g/mol. The van der Waals surface area contributed by atoms with Crippen molar-refractivity contribution in [2.45, 2.75) is 47.6 Å². The Morgan fingerprint density at radius 1 is 1.00 bits per heavy atom. The monoisotopic (exact) mass is 533 g/mol. The molecule has 0 unspecified atom stereocenters. The Balaban J connectivity index is 0.000000514. The van der Waals surface area contributed by atoms with Crippen LogP contribution in [0.15, 0.2) is 33.7 Å². The zero-order valence-corrected chi connectivity index (χ0v) is 21.1. The Bertz CT molecular complexity index is 710. The molecular formula is C19H29BBr2ClN4O. The van der Waals surface area contributed by atoms with Gasteiger partial charge in [-0.05, 0) is 74.5 Å². The highest BCUT2D eigenvalue weighted by Gasteiger charge is 2.08. The van der Waals surface area contributed by atoms with Crippen LogP contribution >= 0.6 is 44.3 Å². The number of halogens is 3. The lowest BCUT2D eigenvalue weighted by Crippen LogP contribution is -2.24. The van der Waals surface area contributed by atoms with Crippen LogP contribution < -0.4 is 5.32 Å². The highest BCUT2D eigenvalue weighted by Crippen LogP contribution is 2.19. The van der Waals surface area contributed by atoms with E-state index in [2.05, 4.69) is 74.8 Å². The van der Waals surface area contributed by atoms with Crippen LogP contribution in [0, 0.1) is 13.8 Å². The number of hydrogen-bond acceptors (Lipinski definition) is 5. The summed E-state index contributed by atoms with van der Waals surface area (Å²) in [6, 6.07) is 0. The van der Waals surface area contributed by atoms with E-state index in [1.807, 2.05) is 36.7 Å². The van der Waals surface area contributed by atoms with E-state index in [0.717, 1.165) is 35.1 Å². The molecule has 9 heteroatoms. The molecule has 28 heavy (non-hydrogen) atoms. The number of hydroxylamine groups is 2. The van der Waals surface area contributed by atoms with Gasteiger partial charge in [-0.3, -0.25) is 9.97 Å². The summed E-state index contributed by atoms with van der Waals surface area (Å²) < 4.78 is 7.48. The smallest absolute Gasteiger partial charge is 0.321 e. The minimum atomic E-state index is 0. The van der Waals surface area contributed by atoms with Gasteiger partial charge in [0, 0.05) is 53.4 Å². The minimum Gasteiger partial charge on any atom is -0.367 e. The number of nitrogens with zero attached hydrogens (tertiary/aromatic N) is 3. The molecule has 0 amide bonds. The highest BCUT2D eigenvalue weighted by atomic mass is 79.9. The third-order valence-electron chi connectivity index (χ3n) is 4.04. The lowest BCUT2D eigenvalue weighted by atomic mass is 10.1. The zero-order chi connectivity index (χ0) is 20.2. The van der Waals surface area contributed by atoms with Gasteiger partial charge in [0.15, 0.2) is 0 Å². The van der Waals surface area contributed by atoms with Crippen LogP contribution in [0.3, 0.4) is 0 Å². The van der Waals surface area contributed by atoms with Crippen LogP contribution in [0.1, 0.15) is 36.1 Å². The van der Waals surface area contributed by atoms with Crippen molar-refractivity contribution in [1.29, 1.82) is 0 Å². The summed E-state index contributed by atoms with van der Waals surface area (Å²) in [6.45, 7) is 13.7. The second-order valence-electron chi connectivity index (χ2n) is 5.89. The molecule has 0 aromatic carbocycles. The molecule has 0 saturated heterocycles. The molecular weight excluding hydrogens is 506 g/mol. The maximum absolute atomic E-state index is 5.36. The largest absolute Gasteiger partial charge is 0.367 e. The first-order chi connectivity index (χ1) is 12.9. The lowest BCUT2D eigenvalue weighted by Gasteiger charge is -2.20. The average Bonchev–Trinajstić information content (AvgIpc) is 2.66. The summed E-state index contributed by atoms with van der Waals surface area (Å²) in [5, 5.41) is 5.16. The molecule has 0 aliphatic rings. The van der Waals surface area contributed by atoms with Gasteiger partial charge in [0.05, 0.1) is 0 Å². The third-order valence-corrected chi connectivity index (χ3v) is 5.63. The molecule has 1 radical (unpaired) electrons. The van der Waals surface area contributed by atoms with Crippen molar-refractivity contribution >= 4 is 51.7 Å². The molecule has 0 bridgehead atoms. The van der Waals surface area contributed by atoms with Gasteiger partial charge in [0.25, 0.3) is 0 Å². The fourth-order valence-electron chi connectivity index (χ4n) is 2.24. The second kappa shape index (κ2) is 15.4. The summed E-state index contributed by atoms with van der Waals surface area (Å²) >= 11 is 6.91. The third kappa shape index (κ3) is 9.33. The van der Waals surface area contributed by atoms with E-state index >= 15 is 0 Å². The number of nitrogens with one attached hydrogen (secondary N) is 1. The van der Waals surface area contributed by atoms with Gasteiger partial charge in [-0.1, -0.05) is 20.7 Å². The van der Waals surface area contributed by atoms with Gasteiger partial charge in [0.2, 0.25) is 0 Å². The number of aromatic nitrogens is 2. The Morgan fingerprint density at radius 3 is 2.04 bits per heavy atom. The van der Waals surface area contributed by atoms with Crippen LogP contribution in [0.2, 0.25) is 6.82 Å². The van der Waals surface area contributed by atoms with Crippen LogP contribution in [-0.4, -0.2) is 35.6 Å². The minimum absolute atomic E-state index is 0. The summed E-state index contributed by atoms with van der Waals surface area (Å²) in [5.41, 5.74) is 4.91. The number of rotatable bonds is 8. The molecule has 0 fully saturated rings. The molecule has 0 saturated carbocycles. The highest BCUT2D eigenvalue weighted by molar-refractivity contribution is 9.10. The van der Waals surface area contributed by atoms with E-state index in [-0.39, 0.29) is 12.4 Å². The van der Waals surface area contributed by atoms with Crippen molar-refractivity contribution < 1.29 is 4.76 Å². The van der Waals surface area contributed by atoms with Crippen molar-refractivity contribution in [2.24, 2.45) is 0 Å². The maximum atomic E-state index is 5.36. The van der Waals surface area contributed by atoms with Crippen molar-refractivity contribution in [1.82, 2.24) is 20.3 Å². The molecule has 0 aliphatic carbocycles. The van der Waals surface area contributed by atoms with Gasteiger partial charge < -0.3 is 10.1 Å². The van der Waals surface area contributed by atoms with Crippen molar-refractivity contribution in [2.75, 3.05) is 13.1 Å². The Kier molecular flexibility index (Phi) is 15.1. The molecule has 0 aliphatic heterocycles. The fourth-order valence-corrected chi connectivity index (χ4v) is 2.99. The summed E-state index contributed by atoms with van der Waals surface area (Å²) in [5.74, 6) is 0. The van der Waals surface area contributed by atoms with E-state index in [0.29, 0.717) is 0 Å². The normalized spacial score (nSPS) is 10.1. The predicted molar refractivity (Wildman–Crippen MR) is 127 cm³/mol. The molecule has 2 aromatic rings. The Morgan fingerprint density at radius 2 is 1.54 bits per heavy atom.